The van der Waals surface area contributed by atoms with Crippen LogP contribution >= 0.6 is 0 Å². The molecule has 4 heterocycles. The lowest BCUT2D eigenvalue weighted by Gasteiger charge is -2.38. The van der Waals surface area contributed by atoms with E-state index in [1.54, 1.807) is 12.0 Å². The third-order valence-electron chi connectivity index (χ3n) is 10.7. The van der Waals surface area contributed by atoms with Crippen LogP contribution in [0.4, 0.5) is 16.3 Å². The second-order valence-electron chi connectivity index (χ2n) is 14.2. The molecule has 1 amide bonds. The minimum atomic E-state index is -0.289. The summed E-state index contributed by atoms with van der Waals surface area (Å²) in [5.41, 5.74) is 5.33. The predicted octanol–water partition coefficient (Wildman–Crippen LogP) is 6.33. The molecule has 54 heavy (non-hydrogen) atoms. The van der Waals surface area contributed by atoms with Gasteiger partial charge in [0.15, 0.2) is 0 Å². The van der Waals surface area contributed by atoms with Gasteiger partial charge in [-0.15, -0.1) is 0 Å². The van der Waals surface area contributed by atoms with Gasteiger partial charge in [0.1, 0.15) is 31.4 Å². The average molecular weight is 729 g/mol. The van der Waals surface area contributed by atoms with Crippen LogP contribution in [0.3, 0.4) is 0 Å². The summed E-state index contributed by atoms with van der Waals surface area (Å²) in [5, 5.41) is 2.31. The molecule has 0 radical (unpaired) electrons. The van der Waals surface area contributed by atoms with Crippen LogP contribution in [-0.4, -0.2) is 98.0 Å². The van der Waals surface area contributed by atoms with E-state index in [4.69, 9.17) is 28.9 Å². The fourth-order valence-electron chi connectivity index (χ4n) is 7.64. The molecule has 2 fully saturated rings. The lowest BCUT2D eigenvalue weighted by Crippen LogP contribution is -2.49. The zero-order valence-electron chi connectivity index (χ0n) is 30.9. The number of methoxy groups -OCH3 is 1. The van der Waals surface area contributed by atoms with Crippen molar-refractivity contribution < 1.29 is 23.7 Å². The Morgan fingerprint density at radius 1 is 0.778 bits per heavy atom. The van der Waals surface area contributed by atoms with E-state index >= 15 is 0 Å². The van der Waals surface area contributed by atoms with E-state index < -0.39 is 0 Å². The molecule has 1 atom stereocenters. The number of carbonyl (C=O) groups is 1. The zero-order chi connectivity index (χ0) is 36.7. The molecule has 8 rings (SSSR count). The van der Waals surface area contributed by atoms with Crippen LogP contribution in [0.25, 0.3) is 10.8 Å². The number of fused-ring (bicyclic) bond motifs is 2. The van der Waals surface area contributed by atoms with Gasteiger partial charge in [0.2, 0.25) is 0 Å². The number of aromatic nitrogens is 2. The summed E-state index contributed by atoms with van der Waals surface area (Å²) in [6.07, 6.45) is 1.79. The third kappa shape index (κ3) is 8.37. The number of nitrogens with zero attached hydrogens (tertiary/aromatic N) is 6. The lowest BCUT2D eigenvalue weighted by molar-refractivity contribution is 0.0940. The maximum absolute atomic E-state index is 13.0. The van der Waals surface area contributed by atoms with Crippen LogP contribution in [0, 0.1) is 0 Å². The zero-order valence-corrected chi connectivity index (χ0v) is 30.9. The number of benzene rings is 4. The van der Waals surface area contributed by atoms with E-state index in [1.807, 2.05) is 48.5 Å². The molecule has 0 bridgehead atoms. The summed E-state index contributed by atoms with van der Waals surface area (Å²) >= 11 is 0. The molecule has 4 aromatic carbocycles. The number of anilines is 2. The summed E-state index contributed by atoms with van der Waals surface area (Å²) < 4.78 is 23.9. The van der Waals surface area contributed by atoms with Crippen molar-refractivity contribution in [3.05, 3.63) is 119 Å². The van der Waals surface area contributed by atoms with Crippen molar-refractivity contribution in [1.82, 2.24) is 19.8 Å². The maximum Gasteiger partial charge on any atom is 0.410 e. The summed E-state index contributed by atoms with van der Waals surface area (Å²) in [5.74, 6) is 1.74. The Labute approximate surface area is 317 Å². The van der Waals surface area contributed by atoms with Crippen molar-refractivity contribution in [2.45, 2.75) is 38.7 Å². The van der Waals surface area contributed by atoms with Gasteiger partial charge in [0, 0.05) is 82.2 Å². The number of likely N-dealkylation sites (tertiary alicyclic amines) is 1. The van der Waals surface area contributed by atoms with E-state index in [-0.39, 0.29) is 18.8 Å². The molecule has 11 heteroatoms. The molecule has 11 nitrogen and oxygen atoms in total. The largest absolute Gasteiger partial charge is 0.489 e. The second-order valence-corrected chi connectivity index (χ2v) is 14.2. The molecule has 1 unspecified atom stereocenters. The minimum absolute atomic E-state index is 0.261. The van der Waals surface area contributed by atoms with Gasteiger partial charge < -0.3 is 33.6 Å². The van der Waals surface area contributed by atoms with Crippen molar-refractivity contribution >= 4 is 28.4 Å². The van der Waals surface area contributed by atoms with E-state index in [9.17, 15) is 4.79 Å². The molecule has 0 N–H and O–H groups in total. The highest BCUT2D eigenvalue weighted by atomic mass is 16.6. The van der Waals surface area contributed by atoms with Crippen LogP contribution < -0.4 is 19.3 Å². The number of carbonyl (C=O) groups excluding carboxylic acids is 1. The third-order valence-corrected chi connectivity index (χ3v) is 10.7. The van der Waals surface area contributed by atoms with Gasteiger partial charge in [-0.3, -0.25) is 4.90 Å². The molecule has 2 saturated heterocycles. The quantitative estimate of drug-likeness (QED) is 0.145. The van der Waals surface area contributed by atoms with Crippen molar-refractivity contribution in [2.24, 2.45) is 0 Å². The first-order chi connectivity index (χ1) is 26.6. The van der Waals surface area contributed by atoms with E-state index in [0.717, 1.165) is 84.0 Å². The normalized spacial score (nSPS) is 17.4. The first kappa shape index (κ1) is 35.6. The molecule has 3 aliphatic heterocycles. The van der Waals surface area contributed by atoms with Crippen LogP contribution in [0.5, 0.6) is 11.8 Å². The Morgan fingerprint density at radius 2 is 1.52 bits per heavy atom. The molecule has 5 aromatic rings. The van der Waals surface area contributed by atoms with E-state index in [2.05, 4.69) is 63.2 Å². The molecule has 0 spiro atoms. The number of amides is 1. The first-order valence-electron chi connectivity index (χ1n) is 19.0. The highest BCUT2D eigenvalue weighted by Crippen LogP contribution is 2.37. The Hall–Kier alpha value is -5.39. The van der Waals surface area contributed by atoms with Crippen molar-refractivity contribution in [1.29, 1.82) is 0 Å². The van der Waals surface area contributed by atoms with Gasteiger partial charge in [0.25, 0.3) is 0 Å². The summed E-state index contributed by atoms with van der Waals surface area (Å²) in [6.45, 7) is 7.74. The first-order valence-corrected chi connectivity index (χ1v) is 19.0. The van der Waals surface area contributed by atoms with Crippen LogP contribution in [-0.2, 0) is 35.7 Å². The van der Waals surface area contributed by atoms with Crippen molar-refractivity contribution in [3.8, 4) is 11.8 Å². The topological polar surface area (TPSA) is 92.7 Å². The van der Waals surface area contributed by atoms with Crippen LogP contribution in [0.2, 0.25) is 0 Å². The Morgan fingerprint density at radius 3 is 2.28 bits per heavy atom. The number of rotatable bonds is 12. The highest BCUT2D eigenvalue weighted by Gasteiger charge is 2.30. The summed E-state index contributed by atoms with van der Waals surface area (Å²) in [7, 11) is 1.78. The van der Waals surface area contributed by atoms with Crippen molar-refractivity contribution in [2.75, 3.05) is 75.9 Å². The minimum Gasteiger partial charge on any atom is -0.489 e. The lowest BCUT2D eigenvalue weighted by atomic mass is 10.0. The molecule has 3 aliphatic rings. The van der Waals surface area contributed by atoms with Crippen molar-refractivity contribution in [3.63, 3.8) is 0 Å². The monoisotopic (exact) mass is 728 g/mol. The van der Waals surface area contributed by atoms with E-state index in [1.165, 1.54) is 5.39 Å². The van der Waals surface area contributed by atoms with Gasteiger partial charge in [-0.1, -0.05) is 84.9 Å². The van der Waals surface area contributed by atoms with Gasteiger partial charge in [-0.2, -0.15) is 9.97 Å². The average Bonchev–Trinajstić information content (AvgIpc) is 3.70. The number of hydrogen-bond donors (Lipinski definition) is 0. The van der Waals surface area contributed by atoms with Crippen LogP contribution in [0.1, 0.15) is 28.8 Å². The SMILES string of the molecule is COC1CCN(CCOc2nc3c(c(N4CCN(C(=O)OCc5ccccc5)CC4)n2)CCN(c2cc(OCc4ccccc4)cc4ccccc24)C3)C1. The number of ether oxygens (including phenoxy) is 4. The fourth-order valence-corrected chi connectivity index (χ4v) is 7.64. The number of hydrogen-bond acceptors (Lipinski definition) is 10. The van der Waals surface area contributed by atoms with Gasteiger partial charge in [-0.25, -0.2) is 4.79 Å². The highest BCUT2D eigenvalue weighted by molar-refractivity contribution is 5.96. The summed E-state index contributed by atoms with van der Waals surface area (Å²) in [6, 6.07) is 33.2. The molecule has 1 aromatic heterocycles. The van der Waals surface area contributed by atoms with Gasteiger partial charge in [-0.05, 0) is 35.4 Å². The van der Waals surface area contributed by atoms with E-state index in [0.29, 0.717) is 51.9 Å². The fraction of sp³-hybridized carbons (Fsp3) is 0.372. The maximum atomic E-state index is 13.0. The Balaban J connectivity index is 1.01. The molecule has 0 aliphatic carbocycles. The standard InChI is InChI=1S/C43H48N6O5/c1-51-35-16-18-46(28-35)24-25-52-42-44-39-29-49(40-27-36(26-34-14-8-9-15-37(34)40)53-30-32-10-4-2-5-11-32)19-17-38(39)41(45-42)47-20-22-48(23-21-47)43(50)54-31-33-12-6-3-7-13-33/h2-15,26-27,35H,16-25,28-31H2,1H3. The molecular formula is C43H48N6O5. The van der Waals surface area contributed by atoms with Crippen LogP contribution in [0.15, 0.2) is 97.1 Å². The Kier molecular flexibility index (Phi) is 11.0. The Bertz CT molecular complexity index is 2020. The second kappa shape index (κ2) is 16.7. The molecular weight excluding hydrogens is 681 g/mol. The molecule has 280 valence electrons. The summed E-state index contributed by atoms with van der Waals surface area (Å²) in [4.78, 5) is 31.9. The number of piperazine rings is 1. The van der Waals surface area contributed by atoms with Gasteiger partial charge >= 0.3 is 12.1 Å². The van der Waals surface area contributed by atoms with Gasteiger partial charge in [0.05, 0.1) is 18.3 Å². The molecule has 0 saturated carbocycles. The predicted molar refractivity (Wildman–Crippen MR) is 209 cm³/mol. The smallest absolute Gasteiger partial charge is 0.410 e.